The molecule has 0 spiro atoms. The third-order valence-corrected chi connectivity index (χ3v) is 9.00. The number of nitrogens with two attached hydrogens (primary N) is 2. The first-order chi connectivity index (χ1) is 22.6. The Morgan fingerprint density at radius 3 is 1.71 bits per heavy atom. The first-order valence-electron chi connectivity index (χ1n) is 14.2. The summed E-state index contributed by atoms with van der Waals surface area (Å²) in [6.07, 6.45) is 6.50. The molecule has 4 amide bonds. The molecular weight excluding hydrogens is 705 g/mol. The van der Waals surface area contributed by atoms with Crippen LogP contribution in [-0.4, -0.2) is 81.3 Å². The van der Waals surface area contributed by atoms with Crippen molar-refractivity contribution in [2.75, 3.05) is 29.0 Å². The molecule has 48 heavy (non-hydrogen) atoms. The van der Waals surface area contributed by atoms with E-state index in [4.69, 9.17) is 23.1 Å². The van der Waals surface area contributed by atoms with Crippen LogP contribution in [0.1, 0.15) is 42.0 Å². The Morgan fingerprint density at radius 2 is 1.19 bits per heavy atom. The number of halogens is 1. The second-order valence-electron chi connectivity index (χ2n) is 10.6. The fourth-order valence-electron chi connectivity index (χ4n) is 4.61. The Bertz CT molecular complexity index is 1960. The maximum Gasteiger partial charge on any atom is 0.0276 e. The van der Waals surface area contributed by atoms with Gasteiger partial charge in [0, 0.05) is 13.2 Å². The van der Waals surface area contributed by atoms with Crippen molar-refractivity contribution in [2.45, 2.75) is 0 Å². The zero-order chi connectivity index (χ0) is 35.3. The van der Waals surface area contributed by atoms with Gasteiger partial charge in [-0.2, -0.15) is 0 Å². The summed E-state index contributed by atoms with van der Waals surface area (Å²) >= 11 is 4.62. The van der Waals surface area contributed by atoms with Gasteiger partial charge in [-0.05, 0) is 6.07 Å². The zero-order valence-corrected chi connectivity index (χ0v) is 29.1. The van der Waals surface area contributed by atoms with Gasteiger partial charge in [0.05, 0.1) is 10.7 Å². The number of hydrogen-bond acceptors (Lipinski definition) is 6. The summed E-state index contributed by atoms with van der Waals surface area (Å²) in [6.45, 7) is 3.87. The van der Waals surface area contributed by atoms with Crippen LogP contribution in [0.15, 0.2) is 65.7 Å². The molecule has 0 aliphatic heterocycles. The monoisotopic (exact) mass is 738 g/mol. The van der Waals surface area contributed by atoms with Crippen molar-refractivity contribution >= 4 is 82.9 Å². The van der Waals surface area contributed by atoms with Crippen molar-refractivity contribution in [3.8, 4) is 0 Å². The minimum absolute atomic E-state index is 0.0592. The van der Waals surface area contributed by atoms with Gasteiger partial charge >= 0.3 is 219 Å². The maximum atomic E-state index is 13.2. The Balaban J connectivity index is 1.37. The number of aromatic nitrogens is 4. The third kappa shape index (κ3) is 8.66. The number of nitrogens with zero attached hydrogens (tertiary/aromatic N) is 5. The van der Waals surface area contributed by atoms with Crippen molar-refractivity contribution < 1.29 is 24.0 Å². The molecule has 18 heteroatoms. The molecule has 251 valence electrons. The number of hydrogen-bond donors (Lipinski definition) is 6. The summed E-state index contributed by atoms with van der Waals surface area (Å²) in [7, 11) is 6.72. The molecule has 0 unspecified atom stereocenters. The third-order valence-electron chi connectivity index (χ3n) is 6.86. The van der Waals surface area contributed by atoms with Crippen molar-refractivity contribution in [3.05, 3.63) is 83.4 Å². The van der Waals surface area contributed by atoms with Crippen molar-refractivity contribution in [1.82, 2.24) is 23.6 Å². The molecular formula is C30H34AsClN11O5. The van der Waals surface area contributed by atoms with Crippen molar-refractivity contribution in [1.29, 1.82) is 0 Å². The number of rotatable bonds is 13. The number of aliphatic imine (C=N–C) groups is 1. The molecule has 1 radical (unpaired) electrons. The topological polar surface area (TPSA) is 218 Å². The average molecular weight is 739 g/mol. The van der Waals surface area contributed by atoms with Crippen molar-refractivity contribution in [3.63, 3.8) is 0 Å². The second-order valence-corrected chi connectivity index (χ2v) is 13.5. The van der Waals surface area contributed by atoms with Crippen LogP contribution in [-0.2, 0) is 33.0 Å². The number of amides is 4. The van der Waals surface area contributed by atoms with Crippen LogP contribution >= 0.6 is 11.6 Å². The van der Waals surface area contributed by atoms with E-state index in [9.17, 15) is 24.0 Å². The first kappa shape index (κ1) is 35.4. The number of nitrogens with one attached hydrogen (secondary N) is 4. The van der Waals surface area contributed by atoms with Crippen LogP contribution in [0.25, 0.3) is 0 Å². The van der Waals surface area contributed by atoms with Gasteiger partial charge in [0.2, 0.25) is 0 Å². The molecule has 0 fully saturated rings. The summed E-state index contributed by atoms with van der Waals surface area (Å²) in [5.74, 6) is -1.89. The standard InChI is InChI=1S/C30H34AsClN11O5/c1-16(32)26(45)37-19-10-23(42(4)14-19)29(48)39-20-11-24(43(5)15-20)28(47)38-18-9-21(41(3)13-18)25(44)31-17-8-22(40(2)12-17)27(46)35-6-7-36-30(33)34/h8-15H,1,6-7H2,2-5H3,(H,35,46)(H,37,45)(H,38,47)(H,39,48)(H4,33,34,36). The maximum absolute atomic E-state index is 13.2. The zero-order valence-electron chi connectivity index (χ0n) is 26.5. The molecule has 0 aliphatic rings. The number of carbonyl (C=O) groups excluding carboxylic acids is 5. The summed E-state index contributed by atoms with van der Waals surface area (Å²) in [5, 5.41) is 10.6. The van der Waals surface area contributed by atoms with Crippen LogP contribution in [0, 0.1) is 0 Å². The second kappa shape index (κ2) is 15.0. The van der Waals surface area contributed by atoms with Gasteiger partial charge in [-0.15, -0.1) is 0 Å². The molecule has 0 aromatic carbocycles. The van der Waals surface area contributed by atoms with Gasteiger partial charge in [-0.1, -0.05) is 18.2 Å². The molecule has 4 rings (SSSR count). The van der Waals surface area contributed by atoms with E-state index in [0.29, 0.717) is 28.5 Å². The number of aryl methyl sites for hydroxylation is 4. The number of anilines is 3. The summed E-state index contributed by atoms with van der Waals surface area (Å²) in [4.78, 5) is 67.6. The van der Waals surface area contributed by atoms with Gasteiger partial charge in [-0.25, -0.2) is 0 Å². The van der Waals surface area contributed by atoms with Crippen molar-refractivity contribution in [2.24, 2.45) is 44.7 Å². The van der Waals surface area contributed by atoms with E-state index >= 15 is 0 Å². The van der Waals surface area contributed by atoms with Gasteiger partial charge in [-0.3, -0.25) is 4.79 Å². The molecule has 0 atom stereocenters. The summed E-state index contributed by atoms with van der Waals surface area (Å²) in [5.41, 5.74) is 13.0. The first-order valence-corrected chi connectivity index (χ1v) is 16.4. The Morgan fingerprint density at radius 1 is 0.729 bits per heavy atom. The van der Waals surface area contributed by atoms with Crippen LogP contribution in [0.3, 0.4) is 0 Å². The molecule has 0 bridgehead atoms. The van der Waals surface area contributed by atoms with E-state index in [1.165, 1.54) is 16.7 Å². The molecule has 4 heterocycles. The fourth-order valence-corrected chi connectivity index (χ4v) is 6.73. The molecule has 0 aliphatic carbocycles. The average Bonchev–Trinajstić information content (AvgIpc) is 3.76. The van der Waals surface area contributed by atoms with Gasteiger partial charge < -0.3 is 9.88 Å². The predicted molar refractivity (Wildman–Crippen MR) is 184 cm³/mol. The Labute approximate surface area is 286 Å². The minimum atomic E-state index is -0.997. The number of carbonyl (C=O) groups is 5. The molecule has 4 aromatic heterocycles. The van der Waals surface area contributed by atoms with E-state index in [1.54, 1.807) is 78.8 Å². The SMILES string of the molecule is C=C(Cl)C(=O)Nc1cc(C(=O)Nc2cc(C(=O)Nc3cc(C(=O)[As]c4cc(C(=O)NCCN=C(N)N)n(C)c4)n(C)c3)n(C)c2)n(C)c1. The Kier molecular flexibility index (Phi) is 11.0. The van der Waals surface area contributed by atoms with Gasteiger partial charge in [0.25, 0.3) is 5.91 Å². The molecule has 0 saturated carbocycles. The van der Waals surface area contributed by atoms with E-state index in [2.05, 4.69) is 32.8 Å². The molecule has 0 saturated heterocycles. The normalized spacial score (nSPS) is 10.9. The predicted octanol–water partition coefficient (Wildman–Crippen LogP) is 0.409. The summed E-state index contributed by atoms with van der Waals surface area (Å²) in [6, 6.07) is 6.26. The van der Waals surface area contributed by atoms with Crippen LogP contribution in [0.5, 0.6) is 0 Å². The molecule has 8 N–H and O–H groups in total. The van der Waals surface area contributed by atoms with E-state index in [1.807, 2.05) is 0 Å². The quantitative estimate of drug-likeness (QED) is 0.0373. The fraction of sp³-hybridized carbons (Fsp3) is 0.200. The smallest absolute Gasteiger partial charge is 0.0276 e. The molecule has 16 nitrogen and oxygen atoms in total. The van der Waals surface area contributed by atoms with E-state index in [0.717, 1.165) is 4.35 Å². The van der Waals surface area contributed by atoms with E-state index < -0.39 is 33.5 Å². The summed E-state index contributed by atoms with van der Waals surface area (Å²) < 4.78 is 6.97. The number of guanidine groups is 1. The largest absolute Gasteiger partial charge is 0.344 e. The minimum Gasteiger partial charge on any atom is -0.344 e. The Hall–Kier alpha value is -5.47. The van der Waals surface area contributed by atoms with Crippen LogP contribution in [0.2, 0.25) is 0 Å². The van der Waals surface area contributed by atoms with Gasteiger partial charge in [0.15, 0.2) is 0 Å². The van der Waals surface area contributed by atoms with Crippen LogP contribution in [0.4, 0.5) is 17.1 Å². The van der Waals surface area contributed by atoms with E-state index in [-0.39, 0.29) is 45.9 Å². The molecule has 4 aromatic rings. The van der Waals surface area contributed by atoms with Gasteiger partial charge in [0.1, 0.15) is 0 Å². The van der Waals surface area contributed by atoms with Crippen LogP contribution < -0.4 is 37.1 Å².